The average Bonchev–Trinajstić information content (AvgIpc) is 2.95. The van der Waals surface area contributed by atoms with Crippen molar-refractivity contribution in [2.24, 2.45) is 23.7 Å². The zero-order valence-corrected chi connectivity index (χ0v) is 30.3. The van der Waals surface area contributed by atoms with Crippen LogP contribution in [0.5, 0.6) is 0 Å². The van der Waals surface area contributed by atoms with Crippen LogP contribution in [0.1, 0.15) is 101 Å². The summed E-state index contributed by atoms with van der Waals surface area (Å²) in [5, 5.41) is 43.7. The molecule has 276 valence electrons. The van der Waals surface area contributed by atoms with E-state index in [9.17, 15) is 39.0 Å². The first-order chi connectivity index (χ1) is 22.2. The Bertz CT molecular complexity index is 1090. The zero-order valence-electron chi connectivity index (χ0n) is 30.3. The second-order valence-corrected chi connectivity index (χ2v) is 14.0. The molecule has 7 atom stereocenters. The fourth-order valence-electron chi connectivity index (χ4n) is 4.98. The molecule has 0 aromatic rings. The van der Waals surface area contributed by atoms with Crippen molar-refractivity contribution in [3.05, 3.63) is 12.2 Å². The van der Waals surface area contributed by atoms with Crippen LogP contribution in [-0.4, -0.2) is 93.2 Å². The van der Waals surface area contributed by atoms with Gasteiger partial charge in [0.25, 0.3) is 0 Å². The number of nitrogens with one attached hydrogen (secondary N) is 5. The van der Waals surface area contributed by atoms with Crippen LogP contribution >= 0.6 is 0 Å². The van der Waals surface area contributed by atoms with Crippen LogP contribution in [0.4, 0.5) is 0 Å². The van der Waals surface area contributed by atoms with Gasteiger partial charge in [0.2, 0.25) is 29.5 Å². The van der Waals surface area contributed by atoms with Gasteiger partial charge in [-0.1, -0.05) is 68.4 Å². The molecule has 0 radical (unpaired) electrons. The second-order valence-electron chi connectivity index (χ2n) is 14.0. The predicted molar refractivity (Wildman–Crippen MR) is 182 cm³/mol. The average molecular weight is 684 g/mol. The number of allylic oxidation sites excluding steroid dienone is 1. The molecule has 0 saturated heterocycles. The smallest absolute Gasteiger partial charge is 0.306 e. The fraction of sp³-hybridized carbons (Fsp3) is 0.765. The van der Waals surface area contributed by atoms with E-state index in [1.165, 1.54) is 13.0 Å². The molecular formula is C34H61N5O9. The van der Waals surface area contributed by atoms with Crippen LogP contribution in [0, 0.1) is 23.7 Å². The van der Waals surface area contributed by atoms with E-state index in [4.69, 9.17) is 5.11 Å². The van der Waals surface area contributed by atoms with Gasteiger partial charge in [-0.05, 0) is 55.9 Å². The number of aliphatic hydroxyl groups is 2. The van der Waals surface area contributed by atoms with Crippen LogP contribution in [0.2, 0.25) is 0 Å². The molecule has 5 amide bonds. The van der Waals surface area contributed by atoms with E-state index in [0.29, 0.717) is 19.3 Å². The lowest BCUT2D eigenvalue weighted by molar-refractivity contribution is -0.140. The Kier molecular flexibility index (Phi) is 20.6. The molecule has 0 saturated carbocycles. The molecule has 8 N–H and O–H groups in total. The number of hydrogen-bond donors (Lipinski definition) is 8. The molecule has 0 aliphatic heterocycles. The third-order valence-corrected chi connectivity index (χ3v) is 7.58. The van der Waals surface area contributed by atoms with Gasteiger partial charge in [-0.3, -0.25) is 28.8 Å². The van der Waals surface area contributed by atoms with Crippen molar-refractivity contribution in [3.8, 4) is 0 Å². The Morgan fingerprint density at radius 3 is 1.48 bits per heavy atom. The lowest BCUT2D eigenvalue weighted by Crippen LogP contribution is -2.59. The summed E-state index contributed by atoms with van der Waals surface area (Å²) in [5.74, 6) is -4.60. The Hall–Kier alpha value is -3.52. The van der Waals surface area contributed by atoms with Crippen molar-refractivity contribution in [2.45, 2.75) is 144 Å². The summed E-state index contributed by atoms with van der Waals surface area (Å²) in [4.78, 5) is 75.7. The highest BCUT2D eigenvalue weighted by Gasteiger charge is 2.33. The Balaban J connectivity index is 5.61. The van der Waals surface area contributed by atoms with Crippen molar-refractivity contribution >= 4 is 35.5 Å². The second kappa shape index (κ2) is 22.2. The summed E-state index contributed by atoms with van der Waals surface area (Å²) in [6.07, 6.45) is 0.640. The third kappa shape index (κ3) is 17.6. The van der Waals surface area contributed by atoms with Crippen molar-refractivity contribution in [3.63, 3.8) is 0 Å². The van der Waals surface area contributed by atoms with Gasteiger partial charge in [0.1, 0.15) is 18.1 Å². The number of amides is 5. The molecular weight excluding hydrogens is 622 g/mol. The number of carboxylic acid groups (broad SMARTS) is 1. The van der Waals surface area contributed by atoms with E-state index >= 15 is 0 Å². The van der Waals surface area contributed by atoms with Gasteiger partial charge >= 0.3 is 5.97 Å². The monoisotopic (exact) mass is 683 g/mol. The van der Waals surface area contributed by atoms with Crippen LogP contribution in [0.25, 0.3) is 0 Å². The van der Waals surface area contributed by atoms with E-state index in [0.717, 1.165) is 0 Å². The van der Waals surface area contributed by atoms with E-state index in [2.05, 4.69) is 26.6 Å². The van der Waals surface area contributed by atoms with Crippen molar-refractivity contribution < 1.29 is 44.1 Å². The number of carbonyl (C=O) groups excluding carboxylic acids is 5. The van der Waals surface area contributed by atoms with Crippen molar-refractivity contribution in [1.29, 1.82) is 0 Å². The Morgan fingerprint density at radius 2 is 1.04 bits per heavy atom. The van der Waals surface area contributed by atoms with Crippen molar-refractivity contribution in [2.75, 3.05) is 0 Å². The maximum atomic E-state index is 13.5. The number of hydrogen-bond acceptors (Lipinski definition) is 8. The summed E-state index contributed by atoms with van der Waals surface area (Å²) in [6, 6.07) is -4.68. The molecule has 0 fully saturated rings. The summed E-state index contributed by atoms with van der Waals surface area (Å²) in [7, 11) is 0. The largest absolute Gasteiger partial charge is 0.481 e. The fourth-order valence-corrected chi connectivity index (χ4v) is 4.98. The molecule has 48 heavy (non-hydrogen) atoms. The third-order valence-electron chi connectivity index (χ3n) is 7.58. The molecule has 14 heteroatoms. The maximum Gasteiger partial charge on any atom is 0.306 e. The molecule has 0 bridgehead atoms. The highest BCUT2D eigenvalue weighted by atomic mass is 16.4. The topological polar surface area (TPSA) is 223 Å². The minimum atomic E-state index is -1.34. The maximum absolute atomic E-state index is 13.5. The molecule has 0 heterocycles. The quantitative estimate of drug-likeness (QED) is 0.0771. The Morgan fingerprint density at radius 1 is 0.604 bits per heavy atom. The predicted octanol–water partition coefficient (Wildman–Crippen LogP) is 1.39. The standard InChI is InChI=1S/C34H61N5O9/c1-11-12-13-27(42)38-30(20(6)7)34(48)39-31(21(8)9)33(47)37-23(14-18(2)3)25(40)16-28(43)35-22(10)32(46)36-24(15-19(4)5)26(41)17-29(44)45/h12-13,18-26,30-31,40-41H,11,14-17H2,1-10H3,(H,35,43)(H,36,46)(H,37,47)(H,38,42)(H,39,48)(H,44,45). The first-order valence-corrected chi connectivity index (χ1v) is 16.9. The first-order valence-electron chi connectivity index (χ1n) is 16.9. The minimum Gasteiger partial charge on any atom is -0.481 e. The van der Waals surface area contributed by atoms with Crippen molar-refractivity contribution in [1.82, 2.24) is 26.6 Å². The summed E-state index contributed by atoms with van der Waals surface area (Å²) in [5.41, 5.74) is 0. The lowest BCUT2D eigenvalue weighted by Gasteiger charge is -2.31. The van der Waals surface area contributed by atoms with Crippen LogP contribution in [-0.2, 0) is 28.8 Å². The van der Waals surface area contributed by atoms with E-state index in [1.807, 2.05) is 34.6 Å². The normalized spacial score (nSPS) is 16.2. The van der Waals surface area contributed by atoms with Gasteiger partial charge in [0, 0.05) is 0 Å². The van der Waals surface area contributed by atoms with Gasteiger partial charge in [-0.25, -0.2) is 0 Å². The van der Waals surface area contributed by atoms with Gasteiger partial charge < -0.3 is 41.9 Å². The first kappa shape index (κ1) is 44.5. The Labute approximate surface area is 285 Å². The number of aliphatic hydroxyl groups excluding tert-OH is 2. The summed E-state index contributed by atoms with van der Waals surface area (Å²) >= 11 is 0. The number of carboxylic acids is 1. The minimum absolute atomic E-state index is 0.0108. The summed E-state index contributed by atoms with van der Waals surface area (Å²) in [6.45, 7) is 17.8. The number of rotatable bonds is 22. The highest BCUT2D eigenvalue weighted by Crippen LogP contribution is 2.15. The molecule has 0 aromatic carbocycles. The van der Waals surface area contributed by atoms with Gasteiger partial charge in [-0.2, -0.15) is 0 Å². The SMILES string of the molecule is CCC=CC(=O)NC(C(=O)NC(C(=O)NC(CC(C)C)C(O)CC(=O)NC(C)C(=O)NC(CC(C)C)C(O)CC(=O)O)C(C)C)C(C)C. The molecule has 0 aliphatic rings. The van der Waals surface area contributed by atoms with Crippen LogP contribution in [0.3, 0.4) is 0 Å². The van der Waals surface area contributed by atoms with E-state index in [-0.39, 0.29) is 23.7 Å². The van der Waals surface area contributed by atoms with Gasteiger partial charge in [0.05, 0.1) is 37.1 Å². The highest BCUT2D eigenvalue weighted by molar-refractivity contribution is 5.95. The van der Waals surface area contributed by atoms with Crippen LogP contribution in [0.15, 0.2) is 12.2 Å². The lowest BCUT2D eigenvalue weighted by atomic mass is 9.95. The molecule has 7 unspecified atom stereocenters. The van der Waals surface area contributed by atoms with Gasteiger partial charge in [-0.15, -0.1) is 0 Å². The number of carbonyl (C=O) groups is 6. The van der Waals surface area contributed by atoms with Crippen LogP contribution < -0.4 is 26.6 Å². The van der Waals surface area contributed by atoms with Gasteiger partial charge in [0.15, 0.2) is 0 Å². The number of aliphatic carboxylic acids is 1. The summed E-state index contributed by atoms with van der Waals surface area (Å²) < 4.78 is 0. The molecule has 0 aliphatic carbocycles. The van der Waals surface area contributed by atoms with E-state index in [1.54, 1.807) is 33.8 Å². The molecule has 14 nitrogen and oxygen atoms in total. The zero-order chi connectivity index (χ0) is 37.3. The molecule has 0 rings (SSSR count). The molecule has 0 spiro atoms. The van der Waals surface area contributed by atoms with E-state index < -0.39 is 90.8 Å². The molecule has 0 aromatic heterocycles.